The number of nitrogens with one attached hydrogen (secondary N) is 1. The first-order chi connectivity index (χ1) is 14.3. The molecule has 0 radical (unpaired) electrons. The average Bonchev–Trinajstić information content (AvgIpc) is 3.00. The van der Waals surface area contributed by atoms with Gasteiger partial charge in [0.2, 0.25) is 11.8 Å². The summed E-state index contributed by atoms with van der Waals surface area (Å²) in [6, 6.07) is 5.17. The van der Waals surface area contributed by atoms with Gasteiger partial charge in [0, 0.05) is 22.6 Å². The van der Waals surface area contributed by atoms with Crippen molar-refractivity contribution in [3.8, 4) is 5.75 Å². The molecule has 1 fully saturated rings. The maximum Gasteiger partial charge on any atom is 0.231 e. The number of phenolic OH excluding ortho intramolecular Hbond substituents is 1. The normalized spacial score (nSPS) is 30.3. The molecule has 6 heteroatoms. The standard InChI is InChI=1S/C24H21NO5/c1-10-7-12(3-6-17(10)26)19-13-4-5-14-20(24(30)25-23(14)29)15(13)9-16-21(19)18(27)8-11(2)22(16)28/h3-4,6-8,14-15,19-20,26H,5,9H2,1-2H3,(H,25,29,30). The maximum atomic E-state index is 13.0. The molecule has 4 unspecified atom stereocenters. The van der Waals surface area contributed by atoms with Crippen LogP contribution in [-0.4, -0.2) is 28.5 Å². The van der Waals surface area contributed by atoms with Gasteiger partial charge in [-0.2, -0.15) is 0 Å². The number of ketones is 2. The van der Waals surface area contributed by atoms with Gasteiger partial charge in [-0.25, -0.2) is 0 Å². The third kappa shape index (κ3) is 2.49. The van der Waals surface area contributed by atoms with E-state index in [1.165, 1.54) is 6.08 Å². The topological polar surface area (TPSA) is 101 Å². The largest absolute Gasteiger partial charge is 0.508 e. The number of benzene rings is 1. The number of phenols is 1. The van der Waals surface area contributed by atoms with Crippen molar-refractivity contribution in [2.75, 3.05) is 0 Å². The minimum absolute atomic E-state index is 0.153. The molecule has 152 valence electrons. The number of carbonyl (C=O) groups is 4. The fourth-order valence-electron chi connectivity index (χ4n) is 5.53. The smallest absolute Gasteiger partial charge is 0.231 e. The van der Waals surface area contributed by atoms with E-state index in [2.05, 4.69) is 5.32 Å². The van der Waals surface area contributed by atoms with Crippen LogP contribution in [0.2, 0.25) is 0 Å². The van der Waals surface area contributed by atoms with Crippen LogP contribution in [0.15, 0.2) is 52.6 Å². The molecule has 6 nitrogen and oxygen atoms in total. The van der Waals surface area contributed by atoms with Crippen molar-refractivity contribution < 1.29 is 24.3 Å². The molecule has 1 aromatic carbocycles. The van der Waals surface area contributed by atoms with Crippen molar-refractivity contribution >= 4 is 23.4 Å². The number of rotatable bonds is 1. The van der Waals surface area contributed by atoms with Crippen LogP contribution in [0.4, 0.5) is 0 Å². The SMILES string of the molecule is CC1=CC(=O)C2=C(CC3C(=CCC4C(=O)NC(=O)C43)C2c2ccc(O)c(C)c2)C1=O. The van der Waals surface area contributed by atoms with Crippen molar-refractivity contribution in [2.45, 2.75) is 32.6 Å². The van der Waals surface area contributed by atoms with Gasteiger partial charge in [0.25, 0.3) is 0 Å². The molecule has 4 atom stereocenters. The van der Waals surface area contributed by atoms with E-state index in [1.807, 2.05) is 12.1 Å². The molecule has 0 aromatic heterocycles. The van der Waals surface area contributed by atoms with Gasteiger partial charge in [-0.1, -0.05) is 23.8 Å². The number of imide groups is 1. The molecule has 0 bridgehead atoms. The Hall–Kier alpha value is -3.28. The number of aryl methyl sites for hydroxylation is 1. The van der Waals surface area contributed by atoms with E-state index in [0.717, 1.165) is 11.1 Å². The summed E-state index contributed by atoms with van der Waals surface area (Å²) in [5.41, 5.74) is 3.68. The molecule has 0 spiro atoms. The zero-order valence-corrected chi connectivity index (χ0v) is 16.7. The van der Waals surface area contributed by atoms with Crippen molar-refractivity contribution in [1.29, 1.82) is 0 Å². The van der Waals surface area contributed by atoms with Crippen LogP contribution in [-0.2, 0) is 19.2 Å². The number of carbonyl (C=O) groups excluding carboxylic acids is 4. The van der Waals surface area contributed by atoms with Gasteiger partial charge in [-0.05, 0) is 55.9 Å². The number of allylic oxidation sites excluding steroid dienone is 6. The van der Waals surface area contributed by atoms with Crippen LogP contribution in [0, 0.1) is 24.7 Å². The highest BCUT2D eigenvalue weighted by Crippen LogP contribution is 2.54. The molecule has 30 heavy (non-hydrogen) atoms. The summed E-state index contributed by atoms with van der Waals surface area (Å²) in [5.74, 6) is -2.50. The van der Waals surface area contributed by atoms with Gasteiger partial charge in [-0.3, -0.25) is 24.5 Å². The van der Waals surface area contributed by atoms with Gasteiger partial charge >= 0.3 is 0 Å². The molecule has 5 rings (SSSR count). The Morgan fingerprint density at radius 2 is 1.80 bits per heavy atom. The summed E-state index contributed by atoms with van der Waals surface area (Å²) < 4.78 is 0. The number of amides is 2. The lowest BCUT2D eigenvalue weighted by Crippen LogP contribution is -2.39. The van der Waals surface area contributed by atoms with Crippen LogP contribution < -0.4 is 5.32 Å². The van der Waals surface area contributed by atoms with Crippen LogP contribution in [0.3, 0.4) is 0 Å². The van der Waals surface area contributed by atoms with Crippen molar-refractivity contribution in [2.24, 2.45) is 17.8 Å². The quantitative estimate of drug-likeness (QED) is 0.426. The van der Waals surface area contributed by atoms with Gasteiger partial charge in [0.15, 0.2) is 11.6 Å². The Kier molecular flexibility index (Phi) is 3.97. The first-order valence-electron chi connectivity index (χ1n) is 10.1. The van der Waals surface area contributed by atoms with Crippen molar-refractivity contribution in [3.05, 3.63) is 63.8 Å². The van der Waals surface area contributed by atoms with Gasteiger partial charge in [-0.15, -0.1) is 0 Å². The lowest BCUT2D eigenvalue weighted by molar-refractivity contribution is -0.126. The maximum absolute atomic E-state index is 13.0. The fraction of sp³-hybridized carbons (Fsp3) is 0.333. The number of hydrogen-bond donors (Lipinski definition) is 2. The second-order valence-electron chi connectivity index (χ2n) is 8.63. The predicted molar refractivity (Wildman–Crippen MR) is 107 cm³/mol. The molecule has 1 heterocycles. The molecular weight excluding hydrogens is 382 g/mol. The minimum Gasteiger partial charge on any atom is -0.508 e. The Balaban J connectivity index is 1.73. The van der Waals surface area contributed by atoms with Crippen molar-refractivity contribution in [1.82, 2.24) is 5.32 Å². The summed E-state index contributed by atoms with van der Waals surface area (Å²) in [4.78, 5) is 50.9. The summed E-state index contributed by atoms with van der Waals surface area (Å²) in [7, 11) is 0. The van der Waals surface area contributed by atoms with E-state index in [4.69, 9.17) is 0 Å². The van der Waals surface area contributed by atoms with Gasteiger partial charge in [0.05, 0.1) is 11.8 Å². The average molecular weight is 403 g/mol. The number of aromatic hydroxyl groups is 1. The molecule has 1 saturated heterocycles. The van der Waals surface area contributed by atoms with E-state index in [1.54, 1.807) is 26.0 Å². The molecule has 2 amide bonds. The molecule has 4 aliphatic rings. The Labute approximate surface area is 173 Å². The number of Topliss-reactive ketones (excluding diaryl/α,β-unsaturated/α-hetero) is 1. The Morgan fingerprint density at radius 3 is 2.53 bits per heavy atom. The van der Waals surface area contributed by atoms with Crippen molar-refractivity contribution in [3.63, 3.8) is 0 Å². The van der Waals surface area contributed by atoms with Crippen LogP contribution in [0.1, 0.15) is 36.8 Å². The number of hydrogen-bond acceptors (Lipinski definition) is 5. The molecule has 1 aromatic rings. The molecular formula is C24H21NO5. The first kappa shape index (κ1) is 18.7. The third-order valence-electron chi connectivity index (χ3n) is 6.96. The van der Waals surface area contributed by atoms with Crippen LogP contribution in [0.25, 0.3) is 0 Å². The third-order valence-corrected chi connectivity index (χ3v) is 6.96. The lowest BCUT2D eigenvalue weighted by Gasteiger charge is -2.42. The lowest BCUT2D eigenvalue weighted by atomic mass is 9.59. The molecule has 2 N–H and O–H groups in total. The molecule has 1 aliphatic heterocycles. The molecule has 0 saturated carbocycles. The van der Waals surface area contributed by atoms with Crippen LogP contribution in [0.5, 0.6) is 5.75 Å². The summed E-state index contributed by atoms with van der Waals surface area (Å²) in [5, 5.41) is 12.4. The Morgan fingerprint density at radius 1 is 1.03 bits per heavy atom. The van der Waals surface area contributed by atoms with E-state index < -0.39 is 17.8 Å². The summed E-state index contributed by atoms with van der Waals surface area (Å²) in [6.45, 7) is 3.41. The van der Waals surface area contributed by atoms with Gasteiger partial charge in [0.1, 0.15) is 5.75 Å². The predicted octanol–water partition coefficient (Wildman–Crippen LogP) is 2.42. The highest BCUT2D eigenvalue weighted by Gasteiger charge is 2.53. The summed E-state index contributed by atoms with van der Waals surface area (Å²) >= 11 is 0. The van der Waals surface area contributed by atoms with E-state index in [-0.39, 0.29) is 41.5 Å². The highest BCUT2D eigenvalue weighted by atomic mass is 16.3. The van der Waals surface area contributed by atoms with Gasteiger partial charge < -0.3 is 5.11 Å². The highest BCUT2D eigenvalue weighted by molar-refractivity contribution is 6.23. The zero-order chi connectivity index (χ0) is 21.3. The Bertz CT molecular complexity index is 1150. The second-order valence-corrected chi connectivity index (χ2v) is 8.63. The zero-order valence-electron chi connectivity index (χ0n) is 16.7. The second kappa shape index (κ2) is 6.36. The number of fused-ring (bicyclic) bond motifs is 3. The van der Waals surface area contributed by atoms with E-state index >= 15 is 0 Å². The molecule has 3 aliphatic carbocycles. The minimum atomic E-state index is -0.527. The van der Waals surface area contributed by atoms with Crippen LogP contribution >= 0.6 is 0 Å². The van der Waals surface area contributed by atoms with E-state index in [0.29, 0.717) is 28.7 Å². The summed E-state index contributed by atoms with van der Waals surface area (Å²) in [6.07, 6.45) is 4.08. The first-order valence-corrected chi connectivity index (χ1v) is 10.1. The fourth-order valence-corrected chi connectivity index (χ4v) is 5.53. The monoisotopic (exact) mass is 403 g/mol. The van der Waals surface area contributed by atoms with E-state index in [9.17, 15) is 24.3 Å².